The van der Waals surface area contributed by atoms with Gasteiger partial charge in [-0.2, -0.15) is 18.3 Å². The van der Waals surface area contributed by atoms with Gasteiger partial charge in [0.05, 0.1) is 26.5 Å². The number of benzene rings is 2. The number of carbonyl (C=O) groups is 1. The van der Waals surface area contributed by atoms with Gasteiger partial charge in [-0.3, -0.25) is 4.79 Å². The molecule has 0 bridgehead atoms. The molecule has 1 amide bonds. The van der Waals surface area contributed by atoms with Crippen molar-refractivity contribution in [2.75, 3.05) is 24.9 Å². The molecule has 0 saturated heterocycles. The Hall–Kier alpha value is -3.69. The average molecular weight is 446 g/mol. The Morgan fingerprint density at radius 1 is 1.12 bits per heavy atom. The second kappa shape index (κ2) is 8.45. The van der Waals surface area contributed by atoms with Crippen LogP contribution < -0.4 is 20.1 Å². The molecule has 0 saturated carbocycles. The number of fused-ring (bicyclic) bond motifs is 1. The molecule has 2 aromatic carbocycles. The van der Waals surface area contributed by atoms with Crippen molar-refractivity contribution in [3.8, 4) is 11.5 Å². The maximum atomic E-state index is 13.8. The zero-order valence-electron chi connectivity index (χ0n) is 17.3. The summed E-state index contributed by atoms with van der Waals surface area (Å²) in [5.74, 6) is 0.307. The second-order valence-electron chi connectivity index (χ2n) is 7.28. The van der Waals surface area contributed by atoms with Crippen LogP contribution >= 0.6 is 0 Å². The molecule has 0 aliphatic carbocycles. The maximum absolute atomic E-state index is 13.8. The van der Waals surface area contributed by atoms with Gasteiger partial charge < -0.3 is 20.1 Å². The number of carbonyl (C=O) groups excluding carboxylic acids is 1. The molecule has 32 heavy (non-hydrogen) atoms. The van der Waals surface area contributed by atoms with Crippen LogP contribution in [-0.2, 0) is 0 Å². The first kappa shape index (κ1) is 21.5. The zero-order valence-corrected chi connectivity index (χ0v) is 17.3. The molecule has 2 atom stereocenters. The number of methoxy groups -OCH3 is 2. The van der Waals surface area contributed by atoms with Crippen LogP contribution in [-0.4, -0.2) is 36.1 Å². The zero-order chi connectivity index (χ0) is 22.9. The average Bonchev–Trinajstić information content (AvgIpc) is 3.22. The summed E-state index contributed by atoms with van der Waals surface area (Å²) in [5.41, 5.74) is 1.10. The molecule has 1 aliphatic heterocycles. The molecule has 10 heteroatoms. The Labute approximate surface area is 182 Å². The minimum Gasteiger partial charge on any atom is -0.493 e. The summed E-state index contributed by atoms with van der Waals surface area (Å²) in [7, 11) is 2.95. The SMILES string of the molecule is COc1ccc(NC(=O)c2cnn3c2N[C@@H](c2ccccc2)C[C@@H]3C(F)(F)F)cc1OC. The first-order valence-electron chi connectivity index (χ1n) is 9.81. The van der Waals surface area contributed by atoms with Crippen LogP contribution in [0.25, 0.3) is 0 Å². The van der Waals surface area contributed by atoms with Crippen molar-refractivity contribution < 1.29 is 27.4 Å². The van der Waals surface area contributed by atoms with Crippen LogP contribution in [0.4, 0.5) is 24.7 Å². The van der Waals surface area contributed by atoms with E-state index in [-0.39, 0.29) is 17.8 Å². The highest BCUT2D eigenvalue weighted by molar-refractivity contribution is 6.07. The molecule has 0 fully saturated rings. The Bertz CT molecular complexity index is 1120. The molecule has 3 aromatic rings. The minimum atomic E-state index is -4.52. The van der Waals surface area contributed by atoms with E-state index < -0.39 is 24.2 Å². The number of ether oxygens (including phenoxy) is 2. The fraction of sp³-hybridized carbons (Fsp3) is 0.273. The number of amides is 1. The molecule has 0 unspecified atom stereocenters. The fourth-order valence-corrected chi connectivity index (χ4v) is 3.75. The van der Waals surface area contributed by atoms with Crippen molar-refractivity contribution in [1.29, 1.82) is 0 Å². The Kier molecular flexibility index (Phi) is 5.68. The number of aromatic nitrogens is 2. The van der Waals surface area contributed by atoms with Crippen molar-refractivity contribution in [3.63, 3.8) is 0 Å². The van der Waals surface area contributed by atoms with Crippen LogP contribution in [0.1, 0.15) is 34.4 Å². The molecule has 168 valence electrons. The number of alkyl halides is 3. The van der Waals surface area contributed by atoms with E-state index in [1.54, 1.807) is 48.5 Å². The third-order valence-electron chi connectivity index (χ3n) is 5.33. The van der Waals surface area contributed by atoms with Crippen LogP contribution in [0, 0.1) is 0 Å². The lowest BCUT2D eigenvalue weighted by Gasteiger charge is -2.34. The third-order valence-corrected chi connectivity index (χ3v) is 5.33. The number of halogens is 3. The van der Waals surface area contributed by atoms with E-state index in [0.29, 0.717) is 22.7 Å². The van der Waals surface area contributed by atoms with Gasteiger partial charge in [-0.15, -0.1) is 0 Å². The molecular weight excluding hydrogens is 425 g/mol. The second-order valence-corrected chi connectivity index (χ2v) is 7.28. The van der Waals surface area contributed by atoms with E-state index in [4.69, 9.17) is 9.47 Å². The molecule has 0 radical (unpaired) electrons. The van der Waals surface area contributed by atoms with Gasteiger partial charge in [-0.05, 0) is 17.7 Å². The summed E-state index contributed by atoms with van der Waals surface area (Å²) in [4.78, 5) is 12.9. The van der Waals surface area contributed by atoms with E-state index in [2.05, 4.69) is 15.7 Å². The lowest BCUT2D eigenvalue weighted by atomic mass is 9.96. The molecule has 7 nitrogen and oxygen atoms in total. The highest BCUT2D eigenvalue weighted by Gasteiger charge is 2.47. The van der Waals surface area contributed by atoms with Gasteiger partial charge in [0.25, 0.3) is 5.91 Å². The smallest absolute Gasteiger partial charge is 0.410 e. The largest absolute Gasteiger partial charge is 0.493 e. The number of hydrogen-bond donors (Lipinski definition) is 2. The van der Waals surface area contributed by atoms with Crippen molar-refractivity contribution in [2.24, 2.45) is 0 Å². The quantitative estimate of drug-likeness (QED) is 0.588. The van der Waals surface area contributed by atoms with Gasteiger partial charge >= 0.3 is 6.18 Å². The van der Waals surface area contributed by atoms with Gasteiger partial charge in [-0.1, -0.05) is 30.3 Å². The van der Waals surface area contributed by atoms with E-state index in [9.17, 15) is 18.0 Å². The molecule has 1 aliphatic rings. The van der Waals surface area contributed by atoms with Gasteiger partial charge in [0.15, 0.2) is 17.5 Å². The summed E-state index contributed by atoms with van der Waals surface area (Å²) in [6.07, 6.45) is -3.61. The fourth-order valence-electron chi connectivity index (χ4n) is 3.75. The van der Waals surface area contributed by atoms with Gasteiger partial charge in [0.2, 0.25) is 0 Å². The summed E-state index contributed by atoms with van der Waals surface area (Å²) < 4.78 is 52.7. The highest BCUT2D eigenvalue weighted by Crippen LogP contribution is 2.44. The molecule has 1 aromatic heterocycles. The number of nitrogens with zero attached hydrogens (tertiary/aromatic N) is 2. The molecule has 2 heterocycles. The summed E-state index contributed by atoms with van der Waals surface area (Å²) >= 11 is 0. The van der Waals surface area contributed by atoms with E-state index in [1.807, 2.05) is 0 Å². The Morgan fingerprint density at radius 3 is 2.50 bits per heavy atom. The standard InChI is InChI=1S/C22H21F3N4O3/c1-31-17-9-8-14(10-18(17)32-2)27-21(30)15-12-26-29-19(22(23,24)25)11-16(28-20(15)29)13-6-4-3-5-7-13/h3-10,12,16,19,28H,11H2,1-2H3,(H,27,30)/t16-,19-/m1/s1. The summed E-state index contributed by atoms with van der Waals surface area (Å²) in [6, 6.07) is 11.1. The first-order valence-corrected chi connectivity index (χ1v) is 9.81. The number of hydrogen-bond acceptors (Lipinski definition) is 5. The van der Waals surface area contributed by atoms with Gasteiger partial charge in [0.1, 0.15) is 11.4 Å². The van der Waals surface area contributed by atoms with Crippen molar-refractivity contribution in [3.05, 3.63) is 65.9 Å². The van der Waals surface area contributed by atoms with Crippen LogP contribution in [0.2, 0.25) is 0 Å². The van der Waals surface area contributed by atoms with Gasteiger partial charge in [0, 0.05) is 18.2 Å². The number of anilines is 2. The van der Waals surface area contributed by atoms with Crippen LogP contribution in [0.15, 0.2) is 54.7 Å². The van der Waals surface area contributed by atoms with Crippen LogP contribution in [0.3, 0.4) is 0 Å². The van der Waals surface area contributed by atoms with E-state index in [0.717, 1.165) is 10.9 Å². The molecule has 4 rings (SSSR count). The van der Waals surface area contributed by atoms with Crippen LogP contribution in [0.5, 0.6) is 11.5 Å². The molecule has 2 N–H and O–H groups in total. The number of nitrogens with one attached hydrogen (secondary N) is 2. The Balaban J connectivity index is 1.66. The topological polar surface area (TPSA) is 77.4 Å². The predicted molar refractivity (Wildman–Crippen MR) is 112 cm³/mol. The van der Waals surface area contributed by atoms with E-state index >= 15 is 0 Å². The van der Waals surface area contributed by atoms with Crippen molar-refractivity contribution >= 4 is 17.4 Å². The highest BCUT2D eigenvalue weighted by atomic mass is 19.4. The first-order chi connectivity index (χ1) is 15.3. The lowest BCUT2D eigenvalue weighted by Crippen LogP contribution is -2.36. The summed E-state index contributed by atoms with van der Waals surface area (Å²) in [6.45, 7) is 0. The van der Waals surface area contributed by atoms with Crippen molar-refractivity contribution in [2.45, 2.75) is 24.7 Å². The summed E-state index contributed by atoms with van der Waals surface area (Å²) in [5, 5.41) is 9.63. The maximum Gasteiger partial charge on any atom is 0.410 e. The normalized spacial score (nSPS) is 17.8. The number of rotatable bonds is 5. The van der Waals surface area contributed by atoms with Gasteiger partial charge in [-0.25, -0.2) is 4.68 Å². The molecular formula is C22H21F3N4O3. The lowest BCUT2D eigenvalue weighted by molar-refractivity contribution is -0.173. The Morgan fingerprint density at radius 2 is 1.84 bits per heavy atom. The van der Waals surface area contributed by atoms with E-state index in [1.165, 1.54) is 14.2 Å². The van der Waals surface area contributed by atoms with Crippen molar-refractivity contribution in [1.82, 2.24) is 9.78 Å². The third kappa shape index (κ3) is 4.08. The predicted octanol–water partition coefficient (Wildman–Crippen LogP) is 4.81. The molecule has 0 spiro atoms. The monoisotopic (exact) mass is 446 g/mol. The minimum absolute atomic E-state index is 0.00895.